The number of anilines is 2. The Morgan fingerprint density at radius 2 is 2.04 bits per heavy atom. The molecule has 2 fully saturated rings. The number of rotatable bonds is 3. The summed E-state index contributed by atoms with van der Waals surface area (Å²) in [6.07, 6.45) is 1.23. The van der Waals surface area contributed by atoms with E-state index < -0.39 is 0 Å². The van der Waals surface area contributed by atoms with Gasteiger partial charge in [-0.25, -0.2) is 4.98 Å². The quantitative estimate of drug-likeness (QED) is 0.902. The fourth-order valence-corrected chi connectivity index (χ4v) is 4.44. The Kier molecular flexibility index (Phi) is 3.63. The molecule has 3 aliphatic rings. The van der Waals surface area contributed by atoms with Crippen LogP contribution in [0, 0.1) is 12.8 Å². The van der Waals surface area contributed by atoms with Crippen LogP contribution in [-0.2, 0) is 6.54 Å². The van der Waals surface area contributed by atoms with Crippen LogP contribution in [0.4, 0.5) is 11.8 Å². The molecule has 2 saturated heterocycles. The Labute approximate surface area is 152 Å². The SMILES string of the molecule is Cc1cc(N2C[C@@H]3CCN(Cc4ccc5c(c4)OCO5)[C@@H]3C2)nc(N)n1. The highest BCUT2D eigenvalue weighted by Gasteiger charge is 2.41. The van der Waals surface area contributed by atoms with Gasteiger partial charge in [0.05, 0.1) is 0 Å². The molecule has 2 N–H and O–H groups in total. The van der Waals surface area contributed by atoms with E-state index in [1.807, 2.05) is 19.1 Å². The first kappa shape index (κ1) is 15.7. The van der Waals surface area contributed by atoms with Crippen molar-refractivity contribution in [2.75, 3.05) is 37.1 Å². The number of likely N-dealkylation sites (tertiary alicyclic amines) is 1. The molecule has 0 unspecified atom stereocenters. The predicted octanol–water partition coefficient (Wildman–Crippen LogP) is 1.81. The Hall–Kier alpha value is -2.54. The summed E-state index contributed by atoms with van der Waals surface area (Å²) in [6, 6.07) is 8.84. The number of aryl methyl sites for hydroxylation is 1. The molecule has 0 aliphatic carbocycles. The summed E-state index contributed by atoms with van der Waals surface area (Å²) in [6.45, 7) is 6.40. The fraction of sp³-hybridized carbons (Fsp3) is 0.474. The molecule has 0 amide bonds. The lowest BCUT2D eigenvalue weighted by Gasteiger charge is -2.25. The first-order valence-corrected chi connectivity index (χ1v) is 9.14. The maximum Gasteiger partial charge on any atom is 0.231 e. The minimum atomic E-state index is 0.323. The molecule has 1 aromatic heterocycles. The molecular formula is C19H23N5O2. The highest BCUT2D eigenvalue weighted by atomic mass is 16.7. The van der Waals surface area contributed by atoms with Crippen LogP contribution in [0.1, 0.15) is 17.7 Å². The molecule has 7 nitrogen and oxygen atoms in total. The first-order valence-electron chi connectivity index (χ1n) is 9.14. The van der Waals surface area contributed by atoms with Crippen molar-refractivity contribution in [3.05, 3.63) is 35.5 Å². The fourth-order valence-electron chi connectivity index (χ4n) is 4.44. The maximum atomic E-state index is 5.84. The highest BCUT2D eigenvalue weighted by Crippen LogP contribution is 2.37. The number of ether oxygens (including phenoxy) is 2. The van der Waals surface area contributed by atoms with Gasteiger partial charge < -0.3 is 20.1 Å². The van der Waals surface area contributed by atoms with Gasteiger partial charge in [-0.3, -0.25) is 4.90 Å². The third kappa shape index (κ3) is 2.72. The van der Waals surface area contributed by atoms with Crippen molar-refractivity contribution < 1.29 is 9.47 Å². The normalized spacial score (nSPS) is 24.3. The number of aromatic nitrogens is 2. The van der Waals surface area contributed by atoms with Crippen molar-refractivity contribution in [2.24, 2.45) is 5.92 Å². The molecule has 26 heavy (non-hydrogen) atoms. The van der Waals surface area contributed by atoms with Crippen LogP contribution in [0.2, 0.25) is 0 Å². The van der Waals surface area contributed by atoms with Crippen LogP contribution < -0.4 is 20.1 Å². The van der Waals surface area contributed by atoms with Crippen LogP contribution in [0.5, 0.6) is 11.5 Å². The zero-order chi connectivity index (χ0) is 17.7. The molecule has 5 rings (SSSR count). The number of hydrogen-bond acceptors (Lipinski definition) is 7. The lowest BCUT2D eigenvalue weighted by atomic mass is 10.0. The molecule has 2 atom stereocenters. The second kappa shape index (κ2) is 6.02. The van der Waals surface area contributed by atoms with E-state index in [1.54, 1.807) is 0 Å². The summed E-state index contributed by atoms with van der Waals surface area (Å²) in [5.74, 6) is 3.69. The third-order valence-corrected chi connectivity index (χ3v) is 5.67. The van der Waals surface area contributed by atoms with Gasteiger partial charge in [0.15, 0.2) is 11.5 Å². The van der Waals surface area contributed by atoms with E-state index in [4.69, 9.17) is 15.2 Å². The smallest absolute Gasteiger partial charge is 0.231 e. The summed E-state index contributed by atoms with van der Waals surface area (Å²) in [7, 11) is 0. The van der Waals surface area contributed by atoms with E-state index in [0.29, 0.717) is 24.7 Å². The number of hydrogen-bond donors (Lipinski definition) is 1. The summed E-state index contributed by atoms with van der Waals surface area (Å²) in [5.41, 5.74) is 8.03. The lowest BCUT2D eigenvalue weighted by molar-refractivity contribution is 0.174. The summed E-state index contributed by atoms with van der Waals surface area (Å²) in [5, 5.41) is 0. The highest BCUT2D eigenvalue weighted by molar-refractivity contribution is 5.46. The molecule has 136 valence electrons. The summed E-state index contributed by atoms with van der Waals surface area (Å²) in [4.78, 5) is 13.6. The largest absolute Gasteiger partial charge is 0.454 e. The van der Waals surface area contributed by atoms with Gasteiger partial charge in [0.2, 0.25) is 12.7 Å². The minimum Gasteiger partial charge on any atom is -0.454 e. The van der Waals surface area contributed by atoms with Crippen LogP contribution in [0.3, 0.4) is 0 Å². The van der Waals surface area contributed by atoms with Gasteiger partial charge in [0.25, 0.3) is 0 Å². The monoisotopic (exact) mass is 353 g/mol. The molecule has 0 bridgehead atoms. The minimum absolute atomic E-state index is 0.323. The van der Waals surface area contributed by atoms with E-state index in [2.05, 4.69) is 31.9 Å². The Morgan fingerprint density at radius 1 is 1.15 bits per heavy atom. The van der Waals surface area contributed by atoms with Crippen molar-refractivity contribution >= 4 is 11.8 Å². The lowest BCUT2D eigenvalue weighted by Crippen LogP contribution is -2.35. The second-order valence-corrected chi connectivity index (χ2v) is 7.40. The van der Waals surface area contributed by atoms with E-state index in [1.165, 1.54) is 12.0 Å². The number of nitrogens with zero attached hydrogens (tertiary/aromatic N) is 4. The van der Waals surface area contributed by atoms with Crippen molar-refractivity contribution in [3.8, 4) is 11.5 Å². The Bertz CT molecular complexity index is 822. The first-order chi connectivity index (χ1) is 12.7. The summed E-state index contributed by atoms with van der Waals surface area (Å²) >= 11 is 0. The van der Waals surface area contributed by atoms with Gasteiger partial charge in [-0.05, 0) is 43.5 Å². The van der Waals surface area contributed by atoms with Crippen LogP contribution in [-0.4, -0.2) is 47.3 Å². The van der Waals surface area contributed by atoms with E-state index >= 15 is 0 Å². The van der Waals surface area contributed by atoms with Gasteiger partial charge in [-0.15, -0.1) is 0 Å². The third-order valence-electron chi connectivity index (χ3n) is 5.67. The molecule has 0 spiro atoms. The molecular weight excluding hydrogens is 330 g/mol. The topological polar surface area (TPSA) is 76.7 Å². The van der Waals surface area contributed by atoms with Gasteiger partial charge in [-0.2, -0.15) is 4.98 Å². The van der Waals surface area contributed by atoms with E-state index in [0.717, 1.165) is 49.2 Å². The second-order valence-electron chi connectivity index (χ2n) is 7.40. The van der Waals surface area contributed by atoms with E-state index in [9.17, 15) is 0 Å². The van der Waals surface area contributed by atoms with Crippen molar-refractivity contribution in [2.45, 2.75) is 25.9 Å². The van der Waals surface area contributed by atoms with E-state index in [-0.39, 0.29) is 0 Å². The van der Waals surface area contributed by atoms with Crippen molar-refractivity contribution in [3.63, 3.8) is 0 Å². The van der Waals surface area contributed by atoms with Gasteiger partial charge in [-0.1, -0.05) is 6.07 Å². The Balaban J connectivity index is 1.31. The number of nitrogens with two attached hydrogens (primary N) is 1. The molecule has 2 aromatic rings. The summed E-state index contributed by atoms with van der Waals surface area (Å²) < 4.78 is 10.9. The Morgan fingerprint density at radius 3 is 2.92 bits per heavy atom. The van der Waals surface area contributed by atoms with Gasteiger partial charge >= 0.3 is 0 Å². The molecule has 4 heterocycles. The zero-order valence-corrected chi connectivity index (χ0v) is 14.9. The molecule has 0 saturated carbocycles. The number of nitrogen functional groups attached to an aromatic ring is 1. The molecule has 3 aliphatic heterocycles. The maximum absolute atomic E-state index is 5.84. The van der Waals surface area contributed by atoms with Crippen LogP contribution in [0.25, 0.3) is 0 Å². The standard InChI is InChI=1S/C19H23N5O2/c1-12-6-18(22-19(20)21-12)24-9-14-4-5-23(15(14)10-24)8-13-2-3-16-17(7-13)26-11-25-16/h2-3,6-7,14-15H,4-5,8-11H2,1H3,(H2,20,21,22)/t14-,15+/m0/s1. The predicted molar refractivity (Wildman–Crippen MR) is 98.3 cm³/mol. The molecule has 0 radical (unpaired) electrons. The molecule has 7 heteroatoms. The average Bonchev–Trinajstić information content (AvgIpc) is 3.30. The number of fused-ring (bicyclic) bond motifs is 2. The van der Waals surface area contributed by atoms with Gasteiger partial charge in [0, 0.05) is 37.4 Å². The number of benzene rings is 1. The van der Waals surface area contributed by atoms with Crippen molar-refractivity contribution in [1.29, 1.82) is 0 Å². The molecule has 1 aromatic carbocycles. The zero-order valence-electron chi connectivity index (χ0n) is 14.9. The van der Waals surface area contributed by atoms with Crippen LogP contribution >= 0.6 is 0 Å². The van der Waals surface area contributed by atoms with Gasteiger partial charge in [0.1, 0.15) is 5.82 Å². The van der Waals surface area contributed by atoms with Crippen LogP contribution in [0.15, 0.2) is 24.3 Å². The van der Waals surface area contributed by atoms with Crippen molar-refractivity contribution in [1.82, 2.24) is 14.9 Å². The average molecular weight is 353 g/mol.